The van der Waals surface area contributed by atoms with E-state index in [-0.39, 0.29) is 17.3 Å². The SMILES string of the molecule is CCC(COC)c1ncc(N)c(N)c1F. The molecule has 0 saturated heterocycles. The third kappa shape index (κ3) is 2.36. The number of nitrogen functional groups attached to an aromatic ring is 2. The second kappa shape index (κ2) is 4.93. The van der Waals surface area contributed by atoms with Crippen molar-refractivity contribution in [2.45, 2.75) is 19.3 Å². The normalized spacial score (nSPS) is 12.7. The second-order valence-electron chi connectivity index (χ2n) is 3.39. The highest BCUT2D eigenvalue weighted by Gasteiger charge is 2.18. The quantitative estimate of drug-likeness (QED) is 0.795. The van der Waals surface area contributed by atoms with Gasteiger partial charge in [-0.05, 0) is 6.42 Å². The van der Waals surface area contributed by atoms with Crippen LogP contribution in [0.15, 0.2) is 6.20 Å². The zero-order chi connectivity index (χ0) is 11.4. The summed E-state index contributed by atoms with van der Waals surface area (Å²) in [5.74, 6) is -0.614. The molecule has 5 heteroatoms. The molecule has 0 aromatic carbocycles. The van der Waals surface area contributed by atoms with E-state index in [1.807, 2.05) is 6.92 Å². The summed E-state index contributed by atoms with van der Waals surface area (Å²) in [4.78, 5) is 3.97. The van der Waals surface area contributed by atoms with Crippen molar-refractivity contribution in [1.82, 2.24) is 4.98 Å². The van der Waals surface area contributed by atoms with Gasteiger partial charge >= 0.3 is 0 Å². The van der Waals surface area contributed by atoms with Gasteiger partial charge in [-0.1, -0.05) is 6.92 Å². The Morgan fingerprint density at radius 3 is 2.73 bits per heavy atom. The van der Waals surface area contributed by atoms with Crippen molar-refractivity contribution in [3.8, 4) is 0 Å². The number of nitrogens with zero attached hydrogens (tertiary/aromatic N) is 1. The van der Waals surface area contributed by atoms with Crippen LogP contribution in [-0.2, 0) is 4.74 Å². The van der Waals surface area contributed by atoms with Crippen molar-refractivity contribution in [3.63, 3.8) is 0 Å². The average Bonchev–Trinajstić information content (AvgIpc) is 2.24. The van der Waals surface area contributed by atoms with Gasteiger partial charge in [0.25, 0.3) is 0 Å². The molecule has 15 heavy (non-hydrogen) atoms. The van der Waals surface area contributed by atoms with Crippen molar-refractivity contribution in [2.24, 2.45) is 0 Å². The first-order valence-corrected chi connectivity index (χ1v) is 4.80. The van der Waals surface area contributed by atoms with Gasteiger partial charge < -0.3 is 16.2 Å². The first-order valence-electron chi connectivity index (χ1n) is 4.80. The van der Waals surface area contributed by atoms with Crippen LogP contribution in [0.4, 0.5) is 15.8 Å². The molecule has 4 nitrogen and oxygen atoms in total. The van der Waals surface area contributed by atoms with Crippen LogP contribution in [0.3, 0.4) is 0 Å². The van der Waals surface area contributed by atoms with Crippen LogP contribution >= 0.6 is 0 Å². The van der Waals surface area contributed by atoms with Gasteiger partial charge in [0.05, 0.1) is 29.9 Å². The Labute approximate surface area is 88.4 Å². The van der Waals surface area contributed by atoms with Crippen LogP contribution in [0.2, 0.25) is 0 Å². The molecule has 1 unspecified atom stereocenters. The molecule has 1 heterocycles. The van der Waals surface area contributed by atoms with E-state index in [9.17, 15) is 4.39 Å². The number of methoxy groups -OCH3 is 1. The highest BCUT2D eigenvalue weighted by molar-refractivity contribution is 5.63. The van der Waals surface area contributed by atoms with Gasteiger partial charge in [-0.3, -0.25) is 4.98 Å². The summed E-state index contributed by atoms with van der Waals surface area (Å²) in [7, 11) is 1.57. The largest absolute Gasteiger partial charge is 0.396 e. The minimum atomic E-state index is -0.529. The molecular weight excluding hydrogens is 197 g/mol. The highest BCUT2D eigenvalue weighted by atomic mass is 19.1. The van der Waals surface area contributed by atoms with E-state index in [0.29, 0.717) is 12.3 Å². The minimum Gasteiger partial charge on any atom is -0.396 e. The number of rotatable bonds is 4. The third-order valence-electron chi connectivity index (χ3n) is 2.36. The number of hydrogen-bond donors (Lipinski definition) is 2. The van der Waals surface area contributed by atoms with Gasteiger partial charge in [0, 0.05) is 13.0 Å². The molecule has 0 aliphatic heterocycles. The fourth-order valence-corrected chi connectivity index (χ4v) is 1.41. The van der Waals surface area contributed by atoms with Crippen LogP contribution in [-0.4, -0.2) is 18.7 Å². The van der Waals surface area contributed by atoms with Crippen molar-refractivity contribution >= 4 is 11.4 Å². The molecule has 0 aliphatic carbocycles. The number of ether oxygens (including phenoxy) is 1. The molecule has 0 amide bonds. The molecule has 1 aromatic heterocycles. The maximum absolute atomic E-state index is 13.7. The third-order valence-corrected chi connectivity index (χ3v) is 2.36. The molecule has 0 bridgehead atoms. The summed E-state index contributed by atoms with van der Waals surface area (Å²) in [5, 5.41) is 0. The highest BCUT2D eigenvalue weighted by Crippen LogP contribution is 2.27. The topological polar surface area (TPSA) is 74.2 Å². The van der Waals surface area contributed by atoms with Crippen molar-refractivity contribution in [2.75, 3.05) is 25.2 Å². The van der Waals surface area contributed by atoms with Crippen LogP contribution in [0, 0.1) is 5.82 Å². The molecular formula is C10H16FN3O. The fourth-order valence-electron chi connectivity index (χ4n) is 1.41. The van der Waals surface area contributed by atoms with Gasteiger partial charge in [0.15, 0.2) is 5.82 Å². The maximum atomic E-state index is 13.7. The molecule has 1 rings (SSSR count). The van der Waals surface area contributed by atoms with E-state index in [4.69, 9.17) is 16.2 Å². The number of aromatic nitrogens is 1. The predicted octanol–water partition coefficient (Wildman–Crippen LogP) is 1.53. The first-order chi connectivity index (χ1) is 7.11. The molecule has 0 aliphatic rings. The zero-order valence-corrected chi connectivity index (χ0v) is 8.96. The number of anilines is 2. The average molecular weight is 213 g/mol. The molecule has 0 spiro atoms. The molecule has 84 valence electrons. The van der Waals surface area contributed by atoms with Gasteiger partial charge in [-0.15, -0.1) is 0 Å². The fraction of sp³-hybridized carbons (Fsp3) is 0.500. The summed E-state index contributed by atoms with van der Waals surface area (Å²) in [6.07, 6.45) is 2.12. The first kappa shape index (κ1) is 11.7. The smallest absolute Gasteiger partial charge is 0.170 e. The maximum Gasteiger partial charge on any atom is 0.170 e. The number of nitrogens with two attached hydrogens (primary N) is 2. The van der Waals surface area contributed by atoms with E-state index in [1.54, 1.807) is 7.11 Å². The van der Waals surface area contributed by atoms with E-state index in [0.717, 1.165) is 6.42 Å². The zero-order valence-electron chi connectivity index (χ0n) is 8.96. The van der Waals surface area contributed by atoms with E-state index < -0.39 is 5.82 Å². The summed E-state index contributed by atoms with van der Waals surface area (Å²) >= 11 is 0. The molecule has 0 fully saturated rings. The Bertz CT molecular complexity index is 344. The monoisotopic (exact) mass is 213 g/mol. The lowest BCUT2D eigenvalue weighted by atomic mass is 10.0. The Hall–Kier alpha value is -1.36. The molecule has 0 saturated carbocycles. The van der Waals surface area contributed by atoms with Gasteiger partial charge in [0.2, 0.25) is 0 Å². The van der Waals surface area contributed by atoms with Gasteiger partial charge in [0.1, 0.15) is 0 Å². The Kier molecular flexibility index (Phi) is 3.85. The standard InChI is InChI=1S/C10H16FN3O/c1-3-6(5-15-2)10-8(11)9(13)7(12)4-14-10/h4,6H,3,5,12H2,1-2H3,(H2,13,14). The van der Waals surface area contributed by atoms with Crippen molar-refractivity contribution < 1.29 is 9.13 Å². The second-order valence-corrected chi connectivity index (χ2v) is 3.39. The summed E-state index contributed by atoms with van der Waals surface area (Å²) in [6, 6.07) is 0. The molecule has 0 radical (unpaired) electrons. The number of hydrogen-bond acceptors (Lipinski definition) is 4. The summed E-state index contributed by atoms with van der Waals surface area (Å²) in [6.45, 7) is 2.36. The van der Waals surface area contributed by atoms with Crippen LogP contribution in [0.25, 0.3) is 0 Å². The number of pyridine rings is 1. The van der Waals surface area contributed by atoms with E-state index >= 15 is 0 Å². The minimum absolute atomic E-state index is 0.0328. The van der Waals surface area contributed by atoms with Gasteiger partial charge in [-0.25, -0.2) is 4.39 Å². The Balaban J connectivity index is 3.07. The van der Waals surface area contributed by atoms with Crippen molar-refractivity contribution in [1.29, 1.82) is 0 Å². The molecule has 1 aromatic rings. The lowest BCUT2D eigenvalue weighted by molar-refractivity contribution is 0.174. The lowest BCUT2D eigenvalue weighted by Crippen LogP contribution is -2.12. The lowest BCUT2D eigenvalue weighted by Gasteiger charge is -2.15. The van der Waals surface area contributed by atoms with E-state index in [2.05, 4.69) is 4.98 Å². The Morgan fingerprint density at radius 1 is 1.53 bits per heavy atom. The molecule has 4 N–H and O–H groups in total. The Morgan fingerprint density at radius 2 is 2.20 bits per heavy atom. The van der Waals surface area contributed by atoms with E-state index in [1.165, 1.54) is 6.20 Å². The number of halogens is 1. The predicted molar refractivity (Wildman–Crippen MR) is 57.9 cm³/mol. The molecule has 1 atom stereocenters. The van der Waals surface area contributed by atoms with Crippen LogP contribution in [0.1, 0.15) is 25.0 Å². The van der Waals surface area contributed by atoms with Crippen molar-refractivity contribution in [3.05, 3.63) is 17.7 Å². The van der Waals surface area contributed by atoms with Crippen LogP contribution in [0.5, 0.6) is 0 Å². The van der Waals surface area contributed by atoms with Gasteiger partial charge in [-0.2, -0.15) is 0 Å². The summed E-state index contributed by atoms with van der Waals surface area (Å²) in [5.41, 5.74) is 11.4. The summed E-state index contributed by atoms with van der Waals surface area (Å²) < 4.78 is 18.7. The van der Waals surface area contributed by atoms with Crippen LogP contribution < -0.4 is 11.5 Å².